The number of aryl methyl sites for hydroxylation is 1. The van der Waals surface area contributed by atoms with Gasteiger partial charge < -0.3 is 25.4 Å². The summed E-state index contributed by atoms with van der Waals surface area (Å²) in [5, 5.41) is 13.2. The predicted molar refractivity (Wildman–Crippen MR) is 146 cm³/mol. The van der Waals surface area contributed by atoms with Crippen LogP contribution in [0.2, 0.25) is 0 Å². The smallest absolute Gasteiger partial charge is 0.270 e. The monoisotopic (exact) mass is 541 g/mol. The van der Waals surface area contributed by atoms with E-state index in [1.807, 2.05) is 36.4 Å². The van der Waals surface area contributed by atoms with Crippen LogP contribution < -0.4 is 20.7 Å². The number of ether oxygens (including phenoxy) is 2. The third kappa shape index (κ3) is 3.89. The summed E-state index contributed by atoms with van der Waals surface area (Å²) < 4.78 is 13.1. The van der Waals surface area contributed by atoms with Gasteiger partial charge in [-0.15, -0.1) is 0 Å². The normalized spacial score (nSPS) is 22.0. The maximum absolute atomic E-state index is 14.1. The molecule has 3 amide bonds. The van der Waals surface area contributed by atoms with E-state index in [1.54, 1.807) is 25.4 Å². The Bertz CT molecular complexity index is 1520. The number of carbonyl (C=O) groups excluding carboxylic acids is 3. The van der Waals surface area contributed by atoms with Gasteiger partial charge in [-0.2, -0.15) is 5.10 Å². The molecule has 2 aromatic carbocycles. The van der Waals surface area contributed by atoms with Crippen LogP contribution in [0.3, 0.4) is 0 Å². The standard InChI is InChI=1S/C30H31N5O5/c1-35-22(8-13-31-35)26(36)34-25(24-19-4-2-3-5-23(19)40-17-29(24)9-10-29)27(37)32-18-6-7-20-21(16-18)33-28(38)30(20)11-14-39-15-12-30/h2-8,13,16,24-25H,9-12,14-15,17H2,1H3,(H,32,37)(H,33,38)(H,34,36)/t24?,25-/m0/s1. The second-order valence-corrected chi connectivity index (χ2v) is 11.4. The van der Waals surface area contributed by atoms with Gasteiger partial charge in [-0.25, -0.2) is 0 Å². The lowest BCUT2D eigenvalue weighted by Gasteiger charge is -2.38. The molecule has 1 unspecified atom stereocenters. The molecular formula is C30H31N5O5. The maximum atomic E-state index is 14.1. The van der Waals surface area contributed by atoms with E-state index in [1.165, 1.54) is 4.68 Å². The average molecular weight is 542 g/mol. The van der Waals surface area contributed by atoms with E-state index in [0.717, 1.165) is 29.7 Å². The number of nitrogens with one attached hydrogen (secondary N) is 3. The summed E-state index contributed by atoms with van der Waals surface area (Å²) in [4.78, 5) is 40.5. The van der Waals surface area contributed by atoms with E-state index in [2.05, 4.69) is 21.0 Å². The Kier molecular flexibility index (Phi) is 5.71. The maximum Gasteiger partial charge on any atom is 0.270 e. The number of para-hydroxylation sites is 1. The van der Waals surface area contributed by atoms with Gasteiger partial charge in [-0.3, -0.25) is 19.1 Å². The van der Waals surface area contributed by atoms with Crippen molar-refractivity contribution < 1.29 is 23.9 Å². The molecule has 0 bridgehead atoms. The van der Waals surface area contributed by atoms with Crippen LogP contribution in [0.1, 0.15) is 53.2 Å². The molecule has 2 fully saturated rings. The first kappa shape index (κ1) is 24.8. The van der Waals surface area contributed by atoms with E-state index < -0.39 is 11.5 Å². The van der Waals surface area contributed by atoms with Gasteiger partial charge in [0.25, 0.3) is 5.91 Å². The highest BCUT2D eigenvalue weighted by molar-refractivity contribution is 6.08. The fourth-order valence-corrected chi connectivity index (χ4v) is 6.71. The first-order chi connectivity index (χ1) is 19.4. The Hall–Kier alpha value is -4.18. The highest BCUT2D eigenvalue weighted by atomic mass is 16.5. The van der Waals surface area contributed by atoms with Crippen molar-refractivity contribution in [3.63, 3.8) is 0 Å². The fraction of sp³-hybridized carbons (Fsp3) is 0.400. The van der Waals surface area contributed by atoms with Gasteiger partial charge in [0, 0.05) is 54.7 Å². The van der Waals surface area contributed by atoms with Gasteiger partial charge >= 0.3 is 0 Å². The number of anilines is 2. The number of fused-ring (bicyclic) bond motifs is 3. The highest BCUT2D eigenvalue weighted by Gasteiger charge is 2.58. The van der Waals surface area contributed by atoms with Crippen LogP contribution in [0.5, 0.6) is 5.75 Å². The van der Waals surface area contributed by atoms with Crippen LogP contribution in [0.4, 0.5) is 11.4 Å². The zero-order valence-corrected chi connectivity index (χ0v) is 22.2. The number of aromatic nitrogens is 2. The Morgan fingerprint density at radius 3 is 2.65 bits per heavy atom. The number of carbonyl (C=O) groups is 3. The van der Waals surface area contributed by atoms with E-state index in [4.69, 9.17) is 9.47 Å². The van der Waals surface area contributed by atoms with Crippen LogP contribution in [-0.4, -0.2) is 53.4 Å². The Morgan fingerprint density at radius 1 is 1.10 bits per heavy atom. The minimum absolute atomic E-state index is 0.0231. The summed E-state index contributed by atoms with van der Waals surface area (Å²) in [6, 6.07) is 14.1. The molecule has 1 aromatic heterocycles. The molecule has 4 aliphatic rings. The van der Waals surface area contributed by atoms with Crippen molar-refractivity contribution in [3.05, 3.63) is 71.5 Å². The van der Waals surface area contributed by atoms with E-state index in [9.17, 15) is 14.4 Å². The molecule has 3 N–H and O–H groups in total. The largest absolute Gasteiger partial charge is 0.493 e. The summed E-state index contributed by atoms with van der Waals surface area (Å²) in [5.74, 6) is -0.255. The van der Waals surface area contributed by atoms with Crippen LogP contribution in [0.15, 0.2) is 54.7 Å². The van der Waals surface area contributed by atoms with Gasteiger partial charge in [0.1, 0.15) is 17.5 Å². The molecule has 40 heavy (non-hydrogen) atoms. The SMILES string of the molecule is Cn1nccc1C(=O)N[C@H](C(=O)Nc1ccc2c(c1)NC(=O)C21CCOCC1)C1c2ccccc2OCC12CC2. The van der Waals surface area contributed by atoms with Crippen molar-refractivity contribution >= 4 is 29.1 Å². The first-order valence-electron chi connectivity index (χ1n) is 13.8. The molecule has 0 radical (unpaired) electrons. The lowest BCUT2D eigenvalue weighted by Crippen LogP contribution is -2.52. The fourth-order valence-electron chi connectivity index (χ4n) is 6.71. The summed E-state index contributed by atoms with van der Waals surface area (Å²) in [5.41, 5.74) is 2.67. The summed E-state index contributed by atoms with van der Waals surface area (Å²) >= 11 is 0. The second-order valence-electron chi connectivity index (χ2n) is 11.4. The summed E-state index contributed by atoms with van der Waals surface area (Å²) in [6.07, 6.45) is 4.64. The number of hydrogen-bond donors (Lipinski definition) is 3. The molecule has 7 rings (SSSR count). The zero-order valence-electron chi connectivity index (χ0n) is 22.2. The van der Waals surface area contributed by atoms with Crippen molar-refractivity contribution in [2.24, 2.45) is 12.5 Å². The summed E-state index contributed by atoms with van der Waals surface area (Å²) in [7, 11) is 1.69. The van der Waals surface area contributed by atoms with E-state index >= 15 is 0 Å². The molecule has 4 heterocycles. The van der Waals surface area contributed by atoms with Crippen molar-refractivity contribution in [2.45, 2.75) is 43.1 Å². The third-order valence-electron chi connectivity index (χ3n) is 9.11. The number of rotatable bonds is 5. The van der Waals surface area contributed by atoms with Gasteiger partial charge in [0.05, 0.1) is 12.0 Å². The minimum atomic E-state index is -0.861. The zero-order chi connectivity index (χ0) is 27.5. The van der Waals surface area contributed by atoms with Crippen LogP contribution in [-0.2, 0) is 26.8 Å². The molecule has 2 atom stereocenters. The Morgan fingerprint density at radius 2 is 1.90 bits per heavy atom. The molecule has 1 aliphatic carbocycles. The molecule has 2 spiro atoms. The first-order valence-corrected chi connectivity index (χ1v) is 13.8. The van der Waals surface area contributed by atoms with Crippen LogP contribution in [0.25, 0.3) is 0 Å². The topological polar surface area (TPSA) is 124 Å². The Balaban J connectivity index is 1.22. The van der Waals surface area contributed by atoms with Crippen molar-refractivity contribution in [1.82, 2.24) is 15.1 Å². The molecule has 10 heteroatoms. The number of benzene rings is 2. The number of hydrogen-bond acceptors (Lipinski definition) is 6. The van der Waals surface area contributed by atoms with Gasteiger partial charge in [-0.1, -0.05) is 24.3 Å². The third-order valence-corrected chi connectivity index (χ3v) is 9.11. The average Bonchev–Trinajstić information content (AvgIpc) is 3.51. The number of nitrogens with zero attached hydrogens (tertiary/aromatic N) is 2. The van der Waals surface area contributed by atoms with Gasteiger partial charge in [0.15, 0.2) is 0 Å². The molecule has 1 saturated carbocycles. The Labute approximate surface area is 231 Å². The van der Waals surface area contributed by atoms with Crippen LogP contribution >= 0.6 is 0 Å². The number of amides is 3. The molecule has 3 aliphatic heterocycles. The highest BCUT2D eigenvalue weighted by Crippen LogP contribution is 2.61. The van der Waals surface area contributed by atoms with Crippen molar-refractivity contribution in [3.8, 4) is 5.75 Å². The van der Waals surface area contributed by atoms with Gasteiger partial charge in [0.2, 0.25) is 11.8 Å². The van der Waals surface area contributed by atoms with Crippen molar-refractivity contribution in [1.29, 1.82) is 0 Å². The minimum Gasteiger partial charge on any atom is -0.493 e. The lowest BCUT2D eigenvalue weighted by molar-refractivity contribution is -0.124. The molecule has 206 valence electrons. The quantitative estimate of drug-likeness (QED) is 0.456. The van der Waals surface area contributed by atoms with E-state index in [0.29, 0.717) is 49.7 Å². The molecule has 3 aromatic rings. The lowest BCUT2D eigenvalue weighted by atomic mass is 9.75. The van der Waals surface area contributed by atoms with Crippen LogP contribution in [0, 0.1) is 5.41 Å². The summed E-state index contributed by atoms with van der Waals surface area (Å²) in [6.45, 7) is 1.58. The van der Waals surface area contributed by atoms with Gasteiger partial charge in [-0.05, 0) is 55.5 Å². The van der Waals surface area contributed by atoms with Crippen molar-refractivity contribution in [2.75, 3.05) is 30.5 Å². The predicted octanol–water partition coefficient (Wildman–Crippen LogP) is 3.11. The second kappa shape index (κ2) is 9.19. The molecule has 10 nitrogen and oxygen atoms in total. The molecule has 1 saturated heterocycles. The molecular weight excluding hydrogens is 510 g/mol. The van der Waals surface area contributed by atoms with E-state index in [-0.39, 0.29) is 29.1 Å².